The van der Waals surface area contributed by atoms with Crippen LogP contribution in [-0.2, 0) is 22.6 Å². The molecule has 2 aliphatic heterocycles. The molecule has 3 heterocycles. The van der Waals surface area contributed by atoms with Gasteiger partial charge in [-0.25, -0.2) is 4.90 Å². The maximum absolute atomic E-state index is 13.3. The third-order valence-corrected chi connectivity index (χ3v) is 6.10. The number of amides is 2. The lowest BCUT2D eigenvalue weighted by molar-refractivity contribution is -0.123. The van der Waals surface area contributed by atoms with Crippen molar-refractivity contribution in [1.29, 1.82) is 0 Å². The number of carbonyl (C=O) groups is 2. The van der Waals surface area contributed by atoms with Crippen LogP contribution >= 0.6 is 0 Å². The number of nitrogens with zero attached hydrogens (tertiary/aromatic N) is 2. The zero-order chi connectivity index (χ0) is 20.8. The molecule has 154 valence electrons. The highest BCUT2D eigenvalue weighted by atomic mass is 16.5. The summed E-state index contributed by atoms with van der Waals surface area (Å²) in [4.78, 5) is 33.0. The summed E-state index contributed by atoms with van der Waals surface area (Å²) in [6, 6.07) is 12.9. The molecule has 0 bridgehead atoms. The molecule has 1 atom stereocenters. The first kappa shape index (κ1) is 18.7. The van der Waals surface area contributed by atoms with Gasteiger partial charge < -0.3 is 14.5 Å². The lowest BCUT2D eigenvalue weighted by Crippen LogP contribution is -2.44. The van der Waals surface area contributed by atoms with Gasteiger partial charge in [0.1, 0.15) is 11.5 Å². The van der Waals surface area contributed by atoms with Crippen molar-refractivity contribution in [2.24, 2.45) is 0 Å². The number of hydrogen-bond donors (Lipinski definition) is 1. The van der Waals surface area contributed by atoms with Gasteiger partial charge in [0.25, 0.3) is 5.91 Å². The summed E-state index contributed by atoms with van der Waals surface area (Å²) in [5.74, 6) is 0.633. The van der Waals surface area contributed by atoms with Crippen LogP contribution in [0.4, 0.5) is 5.69 Å². The summed E-state index contributed by atoms with van der Waals surface area (Å²) in [6.07, 6.45) is 1.000. The maximum atomic E-state index is 13.3. The number of anilines is 1. The van der Waals surface area contributed by atoms with E-state index in [-0.39, 0.29) is 18.2 Å². The van der Waals surface area contributed by atoms with Gasteiger partial charge in [0.05, 0.1) is 32.4 Å². The summed E-state index contributed by atoms with van der Waals surface area (Å²) in [5.41, 5.74) is 4.01. The molecule has 5 rings (SSSR count). The molecule has 0 radical (unpaired) electrons. The Bertz CT molecular complexity index is 1150. The number of fused-ring (bicyclic) bond motifs is 3. The normalized spacial score (nSPS) is 19.4. The highest BCUT2D eigenvalue weighted by Gasteiger charge is 2.44. The number of hydrogen-bond acceptors (Lipinski definition) is 5. The quantitative estimate of drug-likeness (QED) is 0.676. The van der Waals surface area contributed by atoms with Crippen LogP contribution < -0.4 is 14.4 Å². The number of para-hydroxylation sites is 1. The average Bonchev–Trinajstić information content (AvgIpc) is 3.29. The standard InChI is InChI=1S/C23H23N3O4/c1-29-14-7-8-19(21(11-14)30-2)26-22(27)12-20(23(26)28)25-10-9-18-16(13-25)15-5-3-4-6-17(15)24-18/h3-8,11,20,24H,9-10,12-13H2,1-2H3/t20-/m0/s1. The van der Waals surface area contributed by atoms with Crippen LogP contribution in [0, 0.1) is 0 Å². The Kier molecular flexibility index (Phi) is 4.47. The van der Waals surface area contributed by atoms with E-state index < -0.39 is 6.04 Å². The Hall–Kier alpha value is -3.32. The Balaban J connectivity index is 1.44. The highest BCUT2D eigenvalue weighted by Crippen LogP contribution is 2.37. The van der Waals surface area contributed by atoms with Crippen molar-refractivity contribution in [2.45, 2.75) is 25.4 Å². The summed E-state index contributed by atoms with van der Waals surface area (Å²) in [5, 5.41) is 1.18. The van der Waals surface area contributed by atoms with Gasteiger partial charge in [0.2, 0.25) is 5.91 Å². The zero-order valence-electron chi connectivity index (χ0n) is 17.0. The van der Waals surface area contributed by atoms with E-state index in [4.69, 9.17) is 9.47 Å². The second kappa shape index (κ2) is 7.18. The lowest BCUT2D eigenvalue weighted by atomic mass is 10.0. The van der Waals surface area contributed by atoms with Crippen molar-refractivity contribution in [3.8, 4) is 11.5 Å². The van der Waals surface area contributed by atoms with Crippen molar-refractivity contribution in [2.75, 3.05) is 25.7 Å². The second-order valence-corrected chi connectivity index (χ2v) is 7.67. The number of nitrogens with one attached hydrogen (secondary N) is 1. The molecule has 0 saturated carbocycles. The predicted octanol–water partition coefficient (Wildman–Crippen LogP) is 2.88. The van der Waals surface area contributed by atoms with E-state index in [0.717, 1.165) is 18.5 Å². The fourth-order valence-electron chi connectivity index (χ4n) is 4.58. The van der Waals surface area contributed by atoms with Crippen LogP contribution in [0.25, 0.3) is 10.9 Å². The van der Waals surface area contributed by atoms with Crippen LogP contribution in [0.15, 0.2) is 42.5 Å². The predicted molar refractivity (Wildman–Crippen MR) is 113 cm³/mol. The van der Waals surface area contributed by atoms with Crippen molar-refractivity contribution in [3.05, 3.63) is 53.7 Å². The summed E-state index contributed by atoms with van der Waals surface area (Å²) >= 11 is 0. The molecule has 7 heteroatoms. The Morgan fingerprint density at radius 3 is 2.70 bits per heavy atom. The van der Waals surface area contributed by atoms with Crippen LogP contribution in [-0.4, -0.2) is 48.5 Å². The topological polar surface area (TPSA) is 74.9 Å². The molecular formula is C23H23N3O4. The number of aromatic amines is 1. The minimum atomic E-state index is -0.467. The summed E-state index contributed by atoms with van der Waals surface area (Å²) in [6.45, 7) is 1.38. The maximum Gasteiger partial charge on any atom is 0.251 e. The molecule has 2 aliphatic rings. The molecule has 1 N–H and O–H groups in total. The van der Waals surface area contributed by atoms with E-state index in [2.05, 4.69) is 22.0 Å². The lowest BCUT2D eigenvalue weighted by Gasteiger charge is -2.31. The van der Waals surface area contributed by atoms with E-state index in [1.54, 1.807) is 25.3 Å². The number of ether oxygens (including phenoxy) is 2. The Morgan fingerprint density at radius 1 is 1.07 bits per heavy atom. The first-order chi connectivity index (χ1) is 14.6. The molecule has 0 aliphatic carbocycles. The van der Waals surface area contributed by atoms with Gasteiger partial charge in [-0.15, -0.1) is 0 Å². The van der Waals surface area contributed by atoms with E-state index in [0.29, 0.717) is 23.7 Å². The van der Waals surface area contributed by atoms with E-state index in [1.165, 1.54) is 28.7 Å². The van der Waals surface area contributed by atoms with Crippen molar-refractivity contribution in [1.82, 2.24) is 9.88 Å². The number of rotatable bonds is 4. The highest BCUT2D eigenvalue weighted by molar-refractivity contribution is 6.23. The fourth-order valence-corrected chi connectivity index (χ4v) is 4.58. The molecular weight excluding hydrogens is 382 g/mol. The summed E-state index contributed by atoms with van der Waals surface area (Å²) in [7, 11) is 3.08. The zero-order valence-corrected chi connectivity index (χ0v) is 17.0. The molecule has 7 nitrogen and oxygen atoms in total. The molecule has 1 aromatic heterocycles. The average molecular weight is 405 g/mol. The van der Waals surface area contributed by atoms with Gasteiger partial charge in [-0.3, -0.25) is 14.5 Å². The van der Waals surface area contributed by atoms with Gasteiger partial charge in [0.15, 0.2) is 0 Å². The largest absolute Gasteiger partial charge is 0.497 e. The molecule has 3 aromatic rings. The number of methoxy groups -OCH3 is 2. The van der Waals surface area contributed by atoms with Gasteiger partial charge in [-0.1, -0.05) is 18.2 Å². The SMILES string of the molecule is COc1ccc(N2C(=O)C[C@H](N3CCc4[nH]c5ccccc5c4C3)C2=O)c(OC)c1. The molecule has 30 heavy (non-hydrogen) atoms. The number of carbonyl (C=O) groups excluding carboxylic acids is 2. The molecule has 1 fully saturated rings. The van der Waals surface area contributed by atoms with Gasteiger partial charge >= 0.3 is 0 Å². The van der Waals surface area contributed by atoms with Crippen molar-refractivity contribution >= 4 is 28.4 Å². The minimum absolute atomic E-state index is 0.172. The minimum Gasteiger partial charge on any atom is -0.497 e. The third kappa shape index (κ3) is 2.85. The number of H-pyrrole nitrogens is 1. The smallest absolute Gasteiger partial charge is 0.251 e. The molecule has 0 spiro atoms. The van der Waals surface area contributed by atoms with Crippen LogP contribution in [0.5, 0.6) is 11.5 Å². The van der Waals surface area contributed by atoms with E-state index in [9.17, 15) is 9.59 Å². The molecule has 2 amide bonds. The Morgan fingerprint density at radius 2 is 1.90 bits per heavy atom. The number of aromatic nitrogens is 1. The van der Waals surface area contributed by atoms with Crippen molar-refractivity contribution in [3.63, 3.8) is 0 Å². The van der Waals surface area contributed by atoms with Gasteiger partial charge in [-0.2, -0.15) is 0 Å². The molecule has 0 unspecified atom stereocenters. The van der Waals surface area contributed by atoms with Gasteiger partial charge in [-0.05, 0) is 23.8 Å². The molecule has 2 aromatic carbocycles. The van der Waals surface area contributed by atoms with E-state index >= 15 is 0 Å². The molecule has 1 saturated heterocycles. The number of imide groups is 1. The summed E-state index contributed by atoms with van der Waals surface area (Å²) < 4.78 is 10.6. The van der Waals surface area contributed by atoms with Crippen LogP contribution in [0.3, 0.4) is 0 Å². The monoisotopic (exact) mass is 405 g/mol. The Labute approximate surface area is 174 Å². The van der Waals surface area contributed by atoms with Gasteiger partial charge in [0, 0.05) is 42.2 Å². The second-order valence-electron chi connectivity index (χ2n) is 7.67. The van der Waals surface area contributed by atoms with Crippen LogP contribution in [0.1, 0.15) is 17.7 Å². The number of benzene rings is 2. The first-order valence-electron chi connectivity index (χ1n) is 10.0. The first-order valence-corrected chi connectivity index (χ1v) is 10.0. The van der Waals surface area contributed by atoms with Crippen molar-refractivity contribution < 1.29 is 19.1 Å². The van der Waals surface area contributed by atoms with E-state index in [1.807, 2.05) is 12.1 Å². The fraction of sp³-hybridized carbons (Fsp3) is 0.304. The van der Waals surface area contributed by atoms with Crippen LogP contribution in [0.2, 0.25) is 0 Å². The third-order valence-electron chi connectivity index (χ3n) is 6.10.